The Bertz CT molecular complexity index is 1780. The maximum Gasteiger partial charge on any atom is 0.301 e. The number of hydrogen-bond donors (Lipinski definition) is 1. The van der Waals surface area contributed by atoms with E-state index in [4.69, 9.17) is 23.9 Å². The summed E-state index contributed by atoms with van der Waals surface area (Å²) in [5.41, 5.74) is 3.63. The molecular weight excluding hydrogens is 568 g/mol. The lowest BCUT2D eigenvalue weighted by Crippen LogP contribution is -2.29. The van der Waals surface area contributed by atoms with Crippen LogP contribution in [0.5, 0.6) is 23.0 Å². The molecule has 0 spiro atoms. The number of ether oxygens (including phenoxy) is 4. The molecule has 10 heteroatoms. The maximum atomic E-state index is 13.8. The van der Waals surface area contributed by atoms with Gasteiger partial charge < -0.3 is 24.1 Å². The average Bonchev–Trinajstić information content (AvgIpc) is 3.55. The van der Waals surface area contributed by atoms with Gasteiger partial charge in [0.15, 0.2) is 28.1 Å². The van der Waals surface area contributed by atoms with Gasteiger partial charge in [0.2, 0.25) is 0 Å². The molecule has 0 saturated carbocycles. The number of benzene rings is 3. The first kappa shape index (κ1) is 28.5. The van der Waals surface area contributed by atoms with E-state index in [0.717, 1.165) is 34.2 Å². The number of carbonyl (C=O) groups is 2. The number of nitrogens with zero attached hydrogens (tertiary/aromatic N) is 2. The van der Waals surface area contributed by atoms with Crippen LogP contribution in [0.3, 0.4) is 0 Å². The first-order valence-electron chi connectivity index (χ1n) is 14.2. The fourth-order valence-corrected chi connectivity index (χ4v) is 6.62. The number of ketones is 1. The Hall–Kier alpha value is -4.57. The number of aliphatic hydroxyl groups is 1. The number of Topliss-reactive ketones (excluding diaryl/α,β-unsaturated/α-hetero) is 1. The van der Waals surface area contributed by atoms with Crippen molar-refractivity contribution in [3.63, 3.8) is 0 Å². The van der Waals surface area contributed by atoms with Gasteiger partial charge in [0, 0.05) is 5.56 Å². The molecule has 1 aromatic heterocycles. The Morgan fingerprint density at radius 3 is 2.60 bits per heavy atom. The molecule has 3 aromatic carbocycles. The monoisotopic (exact) mass is 600 g/mol. The number of methoxy groups -OCH3 is 1. The summed E-state index contributed by atoms with van der Waals surface area (Å²) in [6, 6.07) is 13.3. The van der Waals surface area contributed by atoms with E-state index in [1.54, 1.807) is 36.4 Å². The van der Waals surface area contributed by atoms with Crippen LogP contribution < -0.4 is 23.8 Å². The average molecular weight is 601 g/mol. The molecular formula is C33H32N2O7S. The number of amides is 1. The van der Waals surface area contributed by atoms with Gasteiger partial charge in [-0.25, -0.2) is 4.98 Å². The number of aliphatic hydroxyl groups excluding tert-OH is 1. The van der Waals surface area contributed by atoms with Crippen molar-refractivity contribution in [3.05, 3.63) is 76.4 Å². The van der Waals surface area contributed by atoms with Crippen LogP contribution in [0.4, 0.5) is 5.13 Å². The highest BCUT2D eigenvalue weighted by molar-refractivity contribution is 7.22. The second-order valence-corrected chi connectivity index (χ2v) is 11.6. The number of carbonyl (C=O) groups excluding carboxylic acids is 2. The van der Waals surface area contributed by atoms with Crippen LogP contribution in [0.15, 0.2) is 54.1 Å². The van der Waals surface area contributed by atoms with Crippen molar-refractivity contribution >= 4 is 44.1 Å². The molecule has 1 fully saturated rings. The number of aromatic nitrogens is 1. The van der Waals surface area contributed by atoms with Crippen LogP contribution in [0.1, 0.15) is 48.1 Å². The SMILES string of the molecule is CCCCOc1ccc([C@H]2C(=C(O)c3ccc4c(c3)OCCO4)C(=O)C(=O)N2c2nc3c(C)cc(C)cc3s2)cc1OC. The highest BCUT2D eigenvalue weighted by Crippen LogP contribution is 2.47. The molecule has 2 aliphatic heterocycles. The fourth-order valence-electron chi connectivity index (χ4n) is 5.45. The van der Waals surface area contributed by atoms with E-state index < -0.39 is 17.7 Å². The zero-order valence-electron chi connectivity index (χ0n) is 24.4. The van der Waals surface area contributed by atoms with Gasteiger partial charge in [-0.1, -0.05) is 36.8 Å². The lowest BCUT2D eigenvalue weighted by Gasteiger charge is -2.24. The van der Waals surface area contributed by atoms with Gasteiger partial charge in [0.1, 0.15) is 19.0 Å². The first-order valence-corrected chi connectivity index (χ1v) is 15.0. The van der Waals surface area contributed by atoms with E-state index in [-0.39, 0.29) is 11.3 Å². The highest BCUT2D eigenvalue weighted by Gasteiger charge is 2.48. The summed E-state index contributed by atoms with van der Waals surface area (Å²) in [5.74, 6) is 0.0882. The second-order valence-electron chi connectivity index (χ2n) is 10.6. The molecule has 222 valence electrons. The van der Waals surface area contributed by atoms with E-state index in [1.165, 1.54) is 23.3 Å². The summed E-state index contributed by atoms with van der Waals surface area (Å²) in [5, 5.41) is 12.0. The van der Waals surface area contributed by atoms with Crippen molar-refractivity contribution in [2.75, 3.05) is 31.8 Å². The van der Waals surface area contributed by atoms with Crippen LogP contribution >= 0.6 is 11.3 Å². The normalized spacial score (nSPS) is 17.5. The van der Waals surface area contributed by atoms with Crippen molar-refractivity contribution in [1.29, 1.82) is 0 Å². The van der Waals surface area contributed by atoms with Gasteiger partial charge >= 0.3 is 5.91 Å². The molecule has 9 nitrogen and oxygen atoms in total. The topological polar surface area (TPSA) is 107 Å². The molecule has 1 atom stereocenters. The Morgan fingerprint density at radius 1 is 1.05 bits per heavy atom. The summed E-state index contributed by atoms with van der Waals surface area (Å²) in [4.78, 5) is 33.7. The minimum Gasteiger partial charge on any atom is -0.507 e. The lowest BCUT2D eigenvalue weighted by molar-refractivity contribution is -0.132. The molecule has 2 aliphatic rings. The predicted molar refractivity (Wildman–Crippen MR) is 165 cm³/mol. The van der Waals surface area contributed by atoms with Crippen molar-refractivity contribution in [2.24, 2.45) is 0 Å². The highest BCUT2D eigenvalue weighted by atomic mass is 32.1. The molecule has 1 amide bonds. The third-order valence-electron chi connectivity index (χ3n) is 7.54. The molecule has 3 heterocycles. The Balaban J connectivity index is 1.52. The minimum atomic E-state index is -0.978. The van der Waals surface area contributed by atoms with E-state index in [0.29, 0.717) is 59.1 Å². The minimum absolute atomic E-state index is 0.0597. The van der Waals surface area contributed by atoms with Crippen molar-refractivity contribution in [3.8, 4) is 23.0 Å². The number of anilines is 1. The van der Waals surface area contributed by atoms with Crippen LogP contribution in [-0.4, -0.2) is 48.7 Å². The number of rotatable bonds is 8. The molecule has 6 rings (SSSR count). The van der Waals surface area contributed by atoms with Gasteiger partial charge in [0.25, 0.3) is 5.78 Å². The van der Waals surface area contributed by atoms with Crippen molar-refractivity contribution < 1.29 is 33.6 Å². The molecule has 1 saturated heterocycles. The number of thiazole rings is 1. The van der Waals surface area contributed by atoms with Crippen LogP contribution in [0, 0.1) is 13.8 Å². The van der Waals surface area contributed by atoms with E-state index in [9.17, 15) is 14.7 Å². The van der Waals surface area contributed by atoms with Crippen molar-refractivity contribution in [2.45, 2.75) is 39.7 Å². The first-order chi connectivity index (χ1) is 20.8. The number of hydrogen-bond acceptors (Lipinski definition) is 9. The summed E-state index contributed by atoms with van der Waals surface area (Å²) in [6.45, 7) is 7.37. The molecule has 0 radical (unpaired) electrons. The maximum absolute atomic E-state index is 13.8. The number of aryl methyl sites for hydroxylation is 2. The van der Waals surface area contributed by atoms with E-state index in [1.807, 2.05) is 26.0 Å². The van der Waals surface area contributed by atoms with Crippen LogP contribution in [-0.2, 0) is 9.59 Å². The van der Waals surface area contributed by atoms with Gasteiger partial charge in [-0.05, 0) is 73.4 Å². The molecule has 0 aliphatic carbocycles. The Kier molecular flexibility index (Phi) is 7.70. The smallest absolute Gasteiger partial charge is 0.301 e. The van der Waals surface area contributed by atoms with E-state index >= 15 is 0 Å². The summed E-state index contributed by atoms with van der Waals surface area (Å²) in [6.07, 6.45) is 1.87. The summed E-state index contributed by atoms with van der Waals surface area (Å²) >= 11 is 1.33. The number of unbranched alkanes of at least 4 members (excludes halogenated alkanes) is 1. The third-order valence-corrected chi connectivity index (χ3v) is 8.55. The zero-order chi connectivity index (χ0) is 30.2. The molecule has 1 N–H and O–H groups in total. The number of fused-ring (bicyclic) bond motifs is 2. The fraction of sp³-hybridized carbons (Fsp3) is 0.303. The van der Waals surface area contributed by atoms with Crippen LogP contribution in [0.25, 0.3) is 16.0 Å². The molecule has 0 bridgehead atoms. The summed E-state index contributed by atoms with van der Waals surface area (Å²) < 4.78 is 23.8. The molecule has 43 heavy (non-hydrogen) atoms. The Morgan fingerprint density at radius 2 is 1.84 bits per heavy atom. The van der Waals surface area contributed by atoms with E-state index in [2.05, 4.69) is 6.92 Å². The largest absolute Gasteiger partial charge is 0.507 e. The van der Waals surface area contributed by atoms with Gasteiger partial charge in [0.05, 0.1) is 35.5 Å². The van der Waals surface area contributed by atoms with Gasteiger partial charge in [-0.2, -0.15) is 0 Å². The lowest BCUT2D eigenvalue weighted by atomic mass is 9.95. The second kappa shape index (κ2) is 11.6. The van der Waals surface area contributed by atoms with Crippen LogP contribution in [0.2, 0.25) is 0 Å². The van der Waals surface area contributed by atoms with Crippen molar-refractivity contribution in [1.82, 2.24) is 4.98 Å². The quantitative estimate of drug-likeness (QED) is 0.106. The molecule has 0 unspecified atom stereocenters. The predicted octanol–water partition coefficient (Wildman–Crippen LogP) is 6.50. The third kappa shape index (κ3) is 5.16. The summed E-state index contributed by atoms with van der Waals surface area (Å²) in [7, 11) is 1.54. The zero-order valence-corrected chi connectivity index (χ0v) is 25.2. The molecule has 4 aromatic rings. The van der Waals surface area contributed by atoms with Gasteiger partial charge in [-0.15, -0.1) is 0 Å². The Labute approximate surface area is 253 Å². The standard InChI is InChI=1S/C33H32N2O7S/c1-5-6-11-40-22-9-7-20(16-24(22)39-4)29-27(30(36)21-8-10-23-25(17-21)42-13-12-41-23)31(37)32(38)35(29)33-34-28-19(3)14-18(2)15-26(28)43-33/h7-10,14-17,29,36H,5-6,11-13H2,1-4H3/t29-/m0/s1. The van der Waals surface area contributed by atoms with Gasteiger partial charge in [-0.3, -0.25) is 14.5 Å².